The second kappa shape index (κ2) is 4.14. The molecule has 1 saturated heterocycles. The predicted molar refractivity (Wildman–Crippen MR) is 61.1 cm³/mol. The van der Waals surface area contributed by atoms with E-state index in [1.54, 1.807) is 6.33 Å². The Morgan fingerprint density at radius 1 is 1.53 bits per heavy atom. The molecule has 2 rings (SSSR count). The monoisotopic (exact) mass is 206 g/mol. The van der Waals surface area contributed by atoms with Gasteiger partial charge in [-0.25, -0.2) is 9.97 Å². The summed E-state index contributed by atoms with van der Waals surface area (Å²) in [5.41, 5.74) is 1.16. The number of aryl methyl sites for hydroxylation is 1. The van der Waals surface area contributed by atoms with Crippen LogP contribution in [0, 0.1) is 6.92 Å². The molecule has 1 aliphatic rings. The van der Waals surface area contributed by atoms with Crippen molar-refractivity contribution in [3.05, 3.63) is 18.1 Å². The molecule has 0 aromatic carbocycles. The average molecular weight is 206 g/mol. The first-order valence-corrected chi connectivity index (χ1v) is 5.44. The van der Waals surface area contributed by atoms with Crippen LogP contribution in [0.1, 0.15) is 12.5 Å². The van der Waals surface area contributed by atoms with Gasteiger partial charge in [0.05, 0.1) is 0 Å². The maximum atomic E-state index is 4.32. The van der Waals surface area contributed by atoms with Crippen molar-refractivity contribution in [1.82, 2.24) is 14.9 Å². The summed E-state index contributed by atoms with van der Waals surface area (Å²) in [6.45, 7) is 7.54. The summed E-state index contributed by atoms with van der Waals surface area (Å²) in [5, 5.41) is 0. The van der Waals surface area contributed by atoms with Gasteiger partial charge in [-0.05, 0) is 20.5 Å². The lowest BCUT2D eigenvalue weighted by atomic mass is 10.1. The van der Waals surface area contributed by atoms with Gasteiger partial charge < -0.3 is 9.80 Å². The van der Waals surface area contributed by atoms with Crippen LogP contribution in [0.15, 0.2) is 12.5 Å². The first-order chi connectivity index (χ1) is 7.22. The van der Waals surface area contributed by atoms with Gasteiger partial charge in [0.25, 0.3) is 0 Å². The van der Waals surface area contributed by atoms with Crippen molar-refractivity contribution < 1.29 is 0 Å². The van der Waals surface area contributed by atoms with Crippen molar-refractivity contribution in [2.45, 2.75) is 19.9 Å². The topological polar surface area (TPSA) is 32.3 Å². The van der Waals surface area contributed by atoms with Gasteiger partial charge in [-0.1, -0.05) is 6.92 Å². The maximum absolute atomic E-state index is 4.32. The van der Waals surface area contributed by atoms with E-state index in [2.05, 4.69) is 40.7 Å². The highest BCUT2D eigenvalue weighted by Gasteiger charge is 2.30. The molecule has 2 heterocycles. The molecule has 0 atom stereocenters. The highest BCUT2D eigenvalue weighted by atomic mass is 15.3. The van der Waals surface area contributed by atoms with Gasteiger partial charge in [-0.3, -0.25) is 0 Å². The molecule has 0 N–H and O–H groups in total. The normalized spacial score (nSPS) is 16.9. The molecular formula is C11H18N4. The summed E-state index contributed by atoms with van der Waals surface area (Å²) in [5.74, 6) is 1.09. The van der Waals surface area contributed by atoms with Crippen molar-refractivity contribution in [3.8, 4) is 0 Å². The van der Waals surface area contributed by atoms with E-state index in [0.29, 0.717) is 6.04 Å². The zero-order valence-corrected chi connectivity index (χ0v) is 9.64. The summed E-state index contributed by atoms with van der Waals surface area (Å²) in [6.07, 6.45) is 3.50. The van der Waals surface area contributed by atoms with Crippen LogP contribution in [-0.4, -0.2) is 47.6 Å². The minimum absolute atomic E-state index is 0.685. The molecule has 0 spiro atoms. The fraction of sp³-hybridized carbons (Fsp3) is 0.636. The number of nitrogens with zero attached hydrogens (tertiary/aromatic N) is 4. The second-order valence-corrected chi connectivity index (χ2v) is 4.16. The lowest BCUT2D eigenvalue weighted by Crippen LogP contribution is -2.58. The molecule has 82 valence electrons. The van der Waals surface area contributed by atoms with Crippen LogP contribution in [0.3, 0.4) is 0 Å². The van der Waals surface area contributed by atoms with Crippen LogP contribution in [-0.2, 0) is 0 Å². The summed E-state index contributed by atoms with van der Waals surface area (Å²) in [6, 6.07) is 0.685. The Bertz CT molecular complexity index is 333. The molecule has 15 heavy (non-hydrogen) atoms. The Morgan fingerprint density at radius 2 is 2.27 bits per heavy atom. The van der Waals surface area contributed by atoms with E-state index in [9.17, 15) is 0 Å². The third-order valence-electron chi connectivity index (χ3n) is 3.15. The molecule has 0 unspecified atom stereocenters. The van der Waals surface area contributed by atoms with Gasteiger partial charge in [0.2, 0.25) is 0 Å². The van der Waals surface area contributed by atoms with Crippen LogP contribution in [0.25, 0.3) is 0 Å². The van der Waals surface area contributed by atoms with Crippen LogP contribution >= 0.6 is 0 Å². The Kier molecular flexibility index (Phi) is 2.86. The third kappa shape index (κ3) is 1.95. The summed E-state index contributed by atoms with van der Waals surface area (Å²) >= 11 is 0. The van der Waals surface area contributed by atoms with Crippen molar-refractivity contribution in [3.63, 3.8) is 0 Å². The van der Waals surface area contributed by atoms with E-state index >= 15 is 0 Å². The minimum Gasteiger partial charge on any atom is -0.353 e. The van der Waals surface area contributed by atoms with Gasteiger partial charge in [0, 0.05) is 30.9 Å². The molecule has 0 radical (unpaired) electrons. The smallest absolute Gasteiger partial charge is 0.134 e. The molecular weight excluding hydrogens is 188 g/mol. The van der Waals surface area contributed by atoms with Crippen LogP contribution in [0.2, 0.25) is 0 Å². The summed E-state index contributed by atoms with van der Waals surface area (Å²) in [7, 11) is 2.18. The quantitative estimate of drug-likeness (QED) is 0.736. The van der Waals surface area contributed by atoms with Gasteiger partial charge in [0.1, 0.15) is 12.1 Å². The van der Waals surface area contributed by atoms with E-state index in [0.717, 1.165) is 31.0 Å². The molecule has 0 amide bonds. The van der Waals surface area contributed by atoms with Crippen molar-refractivity contribution in [2.75, 3.05) is 31.6 Å². The summed E-state index contributed by atoms with van der Waals surface area (Å²) < 4.78 is 0. The Balaban J connectivity index is 1.97. The minimum atomic E-state index is 0.685. The molecule has 1 aromatic rings. The number of anilines is 1. The van der Waals surface area contributed by atoms with E-state index in [1.807, 2.05) is 6.20 Å². The van der Waals surface area contributed by atoms with Crippen molar-refractivity contribution >= 4 is 5.82 Å². The molecule has 4 heteroatoms. The van der Waals surface area contributed by atoms with Gasteiger partial charge >= 0.3 is 0 Å². The van der Waals surface area contributed by atoms with E-state index in [-0.39, 0.29) is 0 Å². The highest BCUT2D eigenvalue weighted by molar-refractivity contribution is 5.47. The van der Waals surface area contributed by atoms with E-state index in [1.165, 1.54) is 0 Å². The number of likely N-dealkylation sites (N-methyl/N-ethyl adjacent to an activating group) is 1. The predicted octanol–water partition coefficient (Wildman–Crippen LogP) is 0.925. The molecule has 4 nitrogen and oxygen atoms in total. The first kappa shape index (κ1) is 10.4. The average Bonchev–Trinajstić information content (AvgIpc) is 2.18. The van der Waals surface area contributed by atoms with Gasteiger partial charge in [0.15, 0.2) is 0 Å². The number of hydrogen-bond donors (Lipinski definition) is 0. The zero-order chi connectivity index (χ0) is 10.8. The third-order valence-corrected chi connectivity index (χ3v) is 3.15. The number of rotatable bonds is 3. The van der Waals surface area contributed by atoms with E-state index < -0.39 is 0 Å². The number of hydrogen-bond acceptors (Lipinski definition) is 4. The Labute approximate surface area is 90.9 Å². The highest BCUT2D eigenvalue weighted by Crippen LogP contribution is 2.23. The maximum Gasteiger partial charge on any atom is 0.134 e. The molecule has 0 aliphatic carbocycles. The first-order valence-electron chi connectivity index (χ1n) is 5.44. The van der Waals surface area contributed by atoms with Crippen LogP contribution in [0.5, 0.6) is 0 Å². The Morgan fingerprint density at radius 3 is 2.87 bits per heavy atom. The second-order valence-electron chi connectivity index (χ2n) is 4.16. The Hall–Kier alpha value is -1.16. The largest absolute Gasteiger partial charge is 0.353 e. The molecule has 1 aromatic heterocycles. The molecule has 1 aliphatic heterocycles. The molecule has 1 fully saturated rings. The SMILES string of the molecule is CCN(C)C1CN(c2ncncc2C)C1. The lowest BCUT2D eigenvalue weighted by molar-refractivity contribution is 0.214. The van der Waals surface area contributed by atoms with Crippen LogP contribution in [0.4, 0.5) is 5.82 Å². The van der Waals surface area contributed by atoms with E-state index in [4.69, 9.17) is 0 Å². The van der Waals surface area contributed by atoms with Gasteiger partial charge in [-0.2, -0.15) is 0 Å². The lowest BCUT2D eigenvalue weighted by Gasteiger charge is -2.44. The van der Waals surface area contributed by atoms with Gasteiger partial charge in [-0.15, -0.1) is 0 Å². The molecule has 0 bridgehead atoms. The van der Waals surface area contributed by atoms with Crippen molar-refractivity contribution in [1.29, 1.82) is 0 Å². The van der Waals surface area contributed by atoms with Crippen LogP contribution < -0.4 is 4.90 Å². The zero-order valence-electron chi connectivity index (χ0n) is 9.64. The molecule has 0 saturated carbocycles. The van der Waals surface area contributed by atoms with Crippen molar-refractivity contribution in [2.24, 2.45) is 0 Å². The summed E-state index contributed by atoms with van der Waals surface area (Å²) in [4.78, 5) is 13.0. The number of aromatic nitrogens is 2. The fourth-order valence-electron chi connectivity index (χ4n) is 1.89. The fourth-order valence-corrected chi connectivity index (χ4v) is 1.89. The standard InChI is InChI=1S/C11H18N4/c1-4-14(3)10-6-15(7-10)11-9(2)5-12-8-13-11/h5,8,10H,4,6-7H2,1-3H3.